The molecule has 1 saturated heterocycles. The standard InChI is InChI=1S/C24H27N3O/c1-18-8-10-21(11-9-18)22-19(2)16-27(17-20-6-4-3-5-7-20)23(22)24(28)26-14-12-25-13-15-26/h3-11,16,25H,12-15,17H2,1-2H3. The number of benzene rings is 2. The van der Waals surface area contributed by atoms with Gasteiger partial charge in [0.25, 0.3) is 5.91 Å². The Kier molecular flexibility index (Phi) is 5.31. The van der Waals surface area contributed by atoms with E-state index >= 15 is 0 Å². The number of amides is 1. The summed E-state index contributed by atoms with van der Waals surface area (Å²) in [6, 6.07) is 18.8. The minimum absolute atomic E-state index is 0.126. The van der Waals surface area contributed by atoms with Crippen LogP contribution in [0.5, 0.6) is 0 Å². The highest BCUT2D eigenvalue weighted by atomic mass is 16.2. The number of nitrogens with one attached hydrogen (secondary N) is 1. The maximum Gasteiger partial charge on any atom is 0.271 e. The van der Waals surface area contributed by atoms with Crippen LogP contribution in [0.2, 0.25) is 0 Å². The van der Waals surface area contributed by atoms with Crippen molar-refractivity contribution in [3.05, 3.63) is 83.2 Å². The first kappa shape index (κ1) is 18.5. The predicted octanol–water partition coefficient (Wildman–Crippen LogP) is 3.87. The molecular formula is C24H27N3O. The summed E-state index contributed by atoms with van der Waals surface area (Å²) in [5.41, 5.74) is 6.51. The summed E-state index contributed by atoms with van der Waals surface area (Å²) in [6.07, 6.45) is 2.12. The lowest BCUT2D eigenvalue weighted by atomic mass is 10.00. The molecule has 4 nitrogen and oxygen atoms in total. The van der Waals surface area contributed by atoms with Gasteiger partial charge in [0.15, 0.2) is 0 Å². The summed E-state index contributed by atoms with van der Waals surface area (Å²) in [5.74, 6) is 0.126. The Hall–Kier alpha value is -2.85. The van der Waals surface area contributed by atoms with E-state index in [0.29, 0.717) is 6.54 Å². The molecule has 1 aromatic heterocycles. The van der Waals surface area contributed by atoms with Crippen LogP contribution in [-0.4, -0.2) is 41.6 Å². The zero-order valence-corrected chi connectivity index (χ0v) is 16.6. The second-order valence-corrected chi connectivity index (χ2v) is 7.56. The number of hydrogen-bond acceptors (Lipinski definition) is 2. The van der Waals surface area contributed by atoms with Crippen molar-refractivity contribution >= 4 is 5.91 Å². The van der Waals surface area contributed by atoms with Crippen molar-refractivity contribution in [2.45, 2.75) is 20.4 Å². The molecule has 2 heterocycles. The molecule has 1 N–H and O–H groups in total. The molecule has 1 fully saturated rings. The molecule has 4 heteroatoms. The number of piperazine rings is 1. The van der Waals surface area contributed by atoms with E-state index in [1.54, 1.807) is 0 Å². The van der Waals surface area contributed by atoms with E-state index in [0.717, 1.165) is 48.6 Å². The lowest BCUT2D eigenvalue weighted by Gasteiger charge is -2.28. The highest BCUT2D eigenvalue weighted by Gasteiger charge is 2.26. The number of nitrogens with zero attached hydrogens (tertiary/aromatic N) is 2. The lowest BCUT2D eigenvalue weighted by Crippen LogP contribution is -2.47. The smallest absolute Gasteiger partial charge is 0.271 e. The molecule has 28 heavy (non-hydrogen) atoms. The third kappa shape index (κ3) is 3.73. The van der Waals surface area contributed by atoms with E-state index in [1.165, 1.54) is 11.1 Å². The van der Waals surface area contributed by atoms with Crippen LogP contribution in [-0.2, 0) is 6.54 Å². The van der Waals surface area contributed by atoms with E-state index in [1.807, 2.05) is 23.1 Å². The molecule has 0 spiro atoms. The molecule has 2 aromatic carbocycles. The number of aryl methyl sites for hydroxylation is 2. The van der Waals surface area contributed by atoms with E-state index < -0.39 is 0 Å². The van der Waals surface area contributed by atoms with Crippen molar-refractivity contribution in [2.24, 2.45) is 0 Å². The number of carbonyl (C=O) groups is 1. The summed E-state index contributed by atoms with van der Waals surface area (Å²) >= 11 is 0. The molecule has 3 aromatic rings. The number of rotatable bonds is 4. The van der Waals surface area contributed by atoms with Gasteiger partial charge in [-0.05, 0) is 30.5 Å². The first-order valence-electron chi connectivity index (χ1n) is 9.94. The monoisotopic (exact) mass is 373 g/mol. The van der Waals surface area contributed by atoms with E-state index in [4.69, 9.17) is 0 Å². The second kappa shape index (κ2) is 8.03. The maximum atomic E-state index is 13.6. The van der Waals surface area contributed by atoms with Gasteiger partial charge in [0.05, 0.1) is 0 Å². The normalized spacial score (nSPS) is 14.3. The molecule has 0 bridgehead atoms. The SMILES string of the molecule is Cc1ccc(-c2c(C)cn(Cc3ccccc3)c2C(=O)N2CCNCC2)cc1. The maximum absolute atomic E-state index is 13.6. The van der Waals surface area contributed by atoms with Crippen LogP contribution in [0.3, 0.4) is 0 Å². The van der Waals surface area contributed by atoms with Crippen LogP contribution in [0.15, 0.2) is 60.8 Å². The van der Waals surface area contributed by atoms with Crippen molar-refractivity contribution in [1.82, 2.24) is 14.8 Å². The number of carbonyl (C=O) groups excluding carboxylic acids is 1. The van der Waals surface area contributed by atoms with Crippen LogP contribution >= 0.6 is 0 Å². The van der Waals surface area contributed by atoms with Crippen LogP contribution in [0.4, 0.5) is 0 Å². The third-order valence-electron chi connectivity index (χ3n) is 5.41. The first-order chi connectivity index (χ1) is 13.6. The summed E-state index contributed by atoms with van der Waals surface area (Å²) in [7, 11) is 0. The fraction of sp³-hybridized carbons (Fsp3) is 0.292. The van der Waals surface area contributed by atoms with Gasteiger partial charge < -0.3 is 14.8 Å². The molecule has 0 unspecified atom stereocenters. The average molecular weight is 374 g/mol. The molecule has 144 valence electrons. The zero-order chi connectivity index (χ0) is 19.5. The van der Waals surface area contributed by atoms with Gasteiger partial charge in [0.2, 0.25) is 0 Å². The highest BCUT2D eigenvalue weighted by molar-refractivity contribution is 6.00. The van der Waals surface area contributed by atoms with Gasteiger partial charge in [-0.3, -0.25) is 4.79 Å². The largest absolute Gasteiger partial charge is 0.338 e. The highest BCUT2D eigenvalue weighted by Crippen LogP contribution is 2.31. The average Bonchev–Trinajstić information content (AvgIpc) is 3.05. The molecule has 1 amide bonds. The Morgan fingerprint density at radius 2 is 1.64 bits per heavy atom. The fourth-order valence-electron chi connectivity index (χ4n) is 3.93. The van der Waals surface area contributed by atoms with Gasteiger partial charge in [-0.1, -0.05) is 60.2 Å². The number of aromatic nitrogens is 1. The van der Waals surface area contributed by atoms with Gasteiger partial charge in [0, 0.05) is 44.5 Å². The van der Waals surface area contributed by atoms with Crippen molar-refractivity contribution in [2.75, 3.05) is 26.2 Å². The minimum Gasteiger partial charge on any atom is -0.338 e. The Bertz CT molecular complexity index is 952. The van der Waals surface area contributed by atoms with Crippen molar-refractivity contribution in [3.63, 3.8) is 0 Å². The lowest BCUT2D eigenvalue weighted by molar-refractivity contribution is 0.0726. The molecule has 1 aliphatic rings. The zero-order valence-electron chi connectivity index (χ0n) is 16.6. The van der Waals surface area contributed by atoms with Crippen LogP contribution in [0.25, 0.3) is 11.1 Å². The second-order valence-electron chi connectivity index (χ2n) is 7.56. The van der Waals surface area contributed by atoms with Gasteiger partial charge in [-0.15, -0.1) is 0 Å². The first-order valence-corrected chi connectivity index (χ1v) is 9.94. The summed E-state index contributed by atoms with van der Waals surface area (Å²) in [6.45, 7) is 8.09. The van der Waals surface area contributed by atoms with Gasteiger partial charge in [-0.25, -0.2) is 0 Å². The summed E-state index contributed by atoms with van der Waals surface area (Å²) < 4.78 is 2.13. The van der Waals surface area contributed by atoms with Crippen LogP contribution < -0.4 is 5.32 Å². The molecule has 4 rings (SSSR count). The third-order valence-corrected chi connectivity index (χ3v) is 5.41. The van der Waals surface area contributed by atoms with Crippen LogP contribution in [0.1, 0.15) is 27.2 Å². The Morgan fingerprint density at radius 3 is 2.32 bits per heavy atom. The van der Waals surface area contributed by atoms with Crippen molar-refractivity contribution < 1.29 is 4.79 Å². The van der Waals surface area contributed by atoms with E-state index in [-0.39, 0.29) is 5.91 Å². The molecule has 0 aliphatic carbocycles. The molecule has 1 aliphatic heterocycles. The summed E-state index contributed by atoms with van der Waals surface area (Å²) in [5, 5.41) is 3.33. The Morgan fingerprint density at radius 1 is 0.964 bits per heavy atom. The minimum atomic E-state index is 0.126. The van der Waals surface area contributed by atoms with E-state index in [9.17, 15) is 4.79 Å². The van der Waals surface area contributed by atoms with Crippen molar-refractivity contribution in [1.29, 1.82) is 0 Å². The van der Waals surface area contributed by atoms with Gasteiger partial charge in [0.1, 0.15) is 5.69 Å². The van der Waals surface area contributed by atoms with E-state index in [2.05, 4.69) is 66.3 Å². The Labute approximate surface area is 166 Å². The molecule has 0 radical (unpaired) electrons. The molecular weight excluding hydrogens is 346 g/mol. The topological polar surface area (TPSA) is 37.3 Å². The molecule has 0 saturated carbocycles. The van der Waals surface area contributed by atoms with Crippen molar-refractivity contribution in [3.8, 4) is 11.1 Å². The fourth-order valence-corrected chi connectivity index (χ4v) is 3.93. The predicted molar refractivity (Wildman–Crippen MR) is 114 cm³/mol. The molecule has 0 atom stereocenters. The summed E-state index contributed by atoms with van der Waals surface area (Å²) in [4.78, 5) is 15.5. The van der Waals surface area contributed by atoms with Gasteiger partial charge in [-0.2, -0.15) is 0 Å². The van der Waals surface area contributed by atoms with Gasteiger partial charge >= 0.3 is 0 Å². The van der Waals surface area contributed by atoms with Crippen LogP contribution in [0, 0.1) is 13.8 Å². The Balaban J connectivity index is 1.80. The number of hydrogen-bond donors (Lipinski definition) is 1. The quantitative estimate of drug-likeness (QED) is 0.754.